The van der Waals surface area contributed by atoms with Crippen LogP contribution < -0.4 is 11.1 Å². The number of hydrogen-bond acceptors (Lipinski definition) is 6. The molecule has 180 valence electrons. The maximum Gasteiger partial charge on any atom is 0.247 e. The van der Waals surface area contributed by atoms with Gasteiger partial charge in [0.25, 0.3) is 0 Å². The number of anilines is 2. The fraction of sp³-hybridized carbons (Fsp3) is 0.400. The van der Waals surface area contributed by atoms with Crippen LogP contribution in [-0.2, 0) is 4.43 Å². The highest BCUT2D eigenvalue weighted by atomic mass is 35.5. The van der Waals surface area contributed by atoms with E-state index in [1.54, 1.807) is 18.2 Å². The summed E-state index contributed by atoms with van der Waals surface area (Å²) in [5, 5.41) is 12.6. The van der Waals surface area contributed by atoms with Crippen molar-refractivity contribution in [3.63, 3.8) is 0 Å². The molecule has 0 aliphatic carbocycles. The zero-order valence-corrected chi connectivity index (χ0v) is 22.5. The Morgan fingerprint density at radius 1 is 1.15 bits per heavy atom. The molecule has 0 unspecified atom stereocenters. The highest BCUT2D eigenvalue weighted by Crippen LogP contribution is 2.40. The Hall–Kier alpha value is -2.86. The molecule has 3 rings (SSSR count). The van der Waals surface area contributed by atoms with Gasteiger partial charge in [0.1, 0.15) is 6.04 Å². The third-order valence-corrected chi connectivity index (χ3v) is 11.5. The van der Waals surface area contributed by atoms with E-state index in [9.17, 15) is 0 Å². The second-order valence-electron chi connectivity index (χ2n) is 9.96. The average molecular weight is 498 g/mol. The molecule has 0 saturated heterocycles. The summed E-state index contributed by atoms with van der Waals surface area (Å²) in [4.78, 5) is 3.48. The maximum atomic E-state index is 7.31. The van der Waals surface area contributed by atoms with Crippen molar-refractivity contribution in [2.45, 2.75) is 64.9 Å². The van der Waals surface area contributed by atoms with E-state index in [4.69, 9.17) is 32.7 Å². The molecular formula is C25H32ClN5O2Si. The van der Waals surface area contributed by atoms with Gasteiger partial charge < -0.3 is 19.9 Å². The Morgan fingerprint density at radius 3 is 2.38 bits per heavy atom. The van der Waals surface area contributed by atoms with Crippen molar-refractivity contribution in [3.05, 3.63) is 64.3 Å². The fourth-order valence-corrected chi connectivity index (χ4v) is 4.90. The Kier molecular flexibility index (Phi) is 7.41. The zero-order valence-electron chi connectivity index (χ0n) is 20.7. The number of nitrogens with one attached hydrogen (secondary N) is 1. The molecular weight excluding hydrogens is 466 g/mol. The predicted molar refractivity (Wildman–Crippen MR) is 141 cm³/mol. The molecule has 3 N–H and O–H groups in total. The summed E-state index contributed by atoms with van der Waals surface area (Å²) < 4.78 is 12.8. The summed E-state index contributed by atoms with van der Waals surface area (Å²) in [6.07, 6.45) is -0.278. The first-order valence-corrected chi connectivity index (χ1v) is 14.4. The third-order valence-electron chi connectivity index (χ3n) is 6.42. The normalized spacial score (nSPS) is 13.9. The first kappa shape index (κ1) is 25.8. The summed E-state index contributed by atoms with van der Waals surface area (Å²) in [6, 6.07) is 10.4. The molecule has 2 aromatic carbocycles. The zero-order chi connectivity index (χ0) is 25.3. The van der Waals surface area contributed by atoms with Crippen LogP contribution in [-0.4, -0.2) is 24.6 Å². The SMILES string of the molecule is [C-]#[N+]c1ccc(N[C@@H](c2nnc(-c3ccc(N)cc3)o2)[C@H](C)O[Si](C)(C)C(C)(C)C)c(C)c1Cl. The van der Waals surface area contributed by atoms with Crippen LogP contribution in [0.25, 0.3) is 16.3 Å². The van der Waals surface area contributed by atoms with Gasteiger partial charge in [-0.1, -0.05) is 38.4 Å². The predicted octanol–water partition coefficient (Wildman–Crippen LogP) is 7.39. The summed E-state index contributed by atoms with van der Waals surface area (Å²) in [5.41, 5.74) is 9.22. The van der Waals surface area contributed by atoms with Gasteiger partial charge in [-0.25, -0.2) is 4.85 Å². The fourth-order valence-electron chi connectivity index (χ4n) is 3.27. The van der Waals surface area contributed by atoms with Crippen LogP contribution >= 0.6 is 11.6 Å². The Labute approximate surface area is 207 Å². The van der Waals surface area contributed by atoms with E-state index in [0.717, 1.165) is 16.8 Å². The largest absolute Gasteiger partial charge is 0.418 e. The molecule has 0 amide bonds. The number of nitrogens with two attached hydrogens (primary N) is 1. The standard InChI is InChI=1S/C25H32ClN5O2Si/c1-15-19(13-14-20(28-6)21(15)26)29-22(16(2)33-34(7,8)25(3,4)5)24-31-30-23(32-24)17-9-11-18(27)12-10-17/h9-14,16,22,29H,27H2,1-5,7-8H3/t16-,22+/m0/s1. The van der Waals surface area contributed by atoms with Gasteiger partial charge in [0.2, 0.25) is 17.5 Å². The van der Waals surface area contributed by atoms with Crippen molar-refractivity contribution in [3.8, 4) is 11.5 Å². The lowest BCUT2D eigenvalue weighted by Gasteiger charge is -2.40. The van der Waals surface area contributed by atoms with Gasteiger partial charge >= 0.3 is 0 Å². The van der Waals surface area contributed by atoms with E-state index < -0.39 is 14.4 Å². The van der Waals surface area contributed by atoms with E-state index in [-0.39, 0.29) is 11.1 Å². The molecule has 7 nitrogen and oxygen atoms in total. The summed E-state index contributed by atoms with van der Waals surface area (Å²) in [5.74, 6) is 0.808. The van der Waals surface area contributed by atoms with Crippen molar-refractivity contribution in [2.75, 3.05) is 11.1 Å². The molecule has 2 atom stereocenters. The monoisotopic (exact) mass is 497 g/mol. The van der Waals surface area contributed by atoms with Crippen molar-refractivity contribution >= 4 is 37.0 Å². The first-order chi connectivity index (χ1) is 15.8. The van der Waals surface area contributed by atoms with Crippen LogP contribution in [0.1, 0.15) is 45.2 Å². The lowest BCUT2D eigenvalue weighted by Crippen LogP contribution is -2.45. The van der Waals surface area contributed by atoms with E-state index in [2.05, 4.69) is 54.2 Å². The van der Waals surface area contributed by atoms with Gasteiger partial charge in [0.05, 0.1) is 17.7 Å². The second-order valence-corrected chi connectivity index (χ2v) is 15.1. The smallest absolute Gasteiger partial charge is 0.247 e. The molecule has 0 bridgehead atoms. The number of halogens is 1. The topological polar surface area (TPSA) is 90.6 Å². The molecule has 1 heterocycles. The van der Waals surface area contributed by atoms with Crippen LogP contribution in [0.4, 0.5) is 17.1 Å². The molecule has 0 saturated carbocycles. The Balaban J connectivity index is 2.00. The van der Waals surface area contributed by atoms with Crippen LogP contribution in [0.15, 0.2) is 40.8 Å². The first-order valence-electron chi connectivity index (χ1n) is 11.1. The quantitative estimate of drug-likeness (QED) is 0.201. The van der Waals surface area contributed by atoms with Crippen molar-refractivity contribution < 1.29 is 8.84 Å². The molecule has 3 aromatic rings. The van der Waals surface area contributed by atoms with E-state index in [0.29, 0.717) is 28.2 Å². The second kappa shape index (κ2) is 9.78. The lowest BCUT2D eigenvalue weighted by molar-refractivity contribution is 0.166. The molecule has 0 fully saturated rings. The Bertz CT molecular complexity index is 1200. The molecule has 9 heteroatoms. The van der Waals surface area contributed by atoms with Gasteiger partial charge in [-0.3, -0.25) is 0 Å². The minimum Gasteiger partial charge on any atom is -0.418 e. The minimum atomic E-state index is -2.09. The average Bonchev–Trinajstić information content (AvgIpc) is 3.24. The van der Waals surface area contributed by atoms with Crippen LogP contribution in [0.3, 0.4) is 0 Å². The molecule has 0 radical (unpaired) electrons. The highest BCUT2D eigenvalue weighted by Gasteiger charge is 2.41. The molecule has 0 aliphatic rings. The summed E-state index contributed by atoms with van der Waals surface area (Å²) in [6.45, 7) is 22.2. The molecule has 34 heavy (non-hydrogen) atoms. The number of benzene rings is 2. The minimum absolute atomic E-state index is 0.0340. The number of nitrogens with zero attached hydrogens (tertiary/aromatic N) is 3. The summed E-state index contributed by atoms with van der Waals surface area (Å²) >= 11 is 6.43. The van der Waals surface area contributed by atoms with Crippen LogP contribution in [0.5, 0.6) is 0 Å². The third kappa shape index (κ3) is 5.44. The van der Waals surface area contributed by atoms with Crippen LogP contribution in [0.2, 0.25) is 23.2 Å². The van der Waals surface area contributed by atoms with Gasteiger partial charge in [0.15, 0.2) is 8.32 Å². The van der Waals surface area contributed by atoms with Gasteiger partial charge in [-0.15, -0.1) is 10.2 Å². The van der Waals surface area contributed by atoms with Gasteiger partial charge in [-0.05, 0) is 67.9 Å². The van der Waals surface area contributed by atoms with Crippen molar-refractivity contribution in [2.24, 2.45) is 0 Å². The maximum absolute atomic E-state index is 7.31. The van der Waals surface area contributed by atoms with E-state index in [1.807, 2.05) is 32.0 Å². The Morgan fingerprint density at radius 2 is 1.79 bits per heavy atom. The lowest BCUT2D eigenvalue weighted by atomic mass is 10.1. The van der Waals surface area contributed by atoms with E-state index in [1.165, 1.54) is 0 Å². The van der Waals surface area contributed by atoms with Gasteiger partial charge in [0, 0.05) is 16.9 Å². The molecule has 1 aromatic heterocycles. The number of nitrogen functional groups attached to an aromatic ring is 1. The van der Waals surface area contributed by atoms with Gasteiger partial charge in [-0.2, -0.15) is 0 Å². The van der Waals surface area contributed by atoms with Crippen LogP contribution in [0, 0.1) is 13.5 Å². The number of rotatable bonds is 7. The number of aromatic nitrogens is 2. The van der Waals surface area contributed by atoms with E-state index >= 15 is 0 Å². The van der Waals surface area contributed by atoms with Crippen molar-refractivity contribution in [1.29, 1.82) is 0 Å². The molecule has 0 aliphatic heterocycles. The molecule has 0 spiro atoms. The number of hydrogen-bond donors (Lipinski definition) is 2. The summed E-state index contributed by atoms with van der Waals surface area (Å²) in [7, 11) is -2.09. The highest BCUT2D eigenvalue weighted by molar-refractivity contribution is 6.74. The van der Waals surface area contributed by atoms with Crippen molar-refractivity contribution in [1.82, 2.24) is 10.2 Å².